The van der Waals surface area contributed by atoms with Crippen LogP contribution in [-0.2, 0) is 24.5 Å². The summed E-state index contributed by atoms with van der Waals surface area (Å²) in [6.45, 7) is 3.75. The summed E-state index contributed by atoms with van der Waals surface area (Å²) in [5.41, 5.74) is -0.453. The minimum Gasteiger partial charge on any atom is -0.497 e. The fraction of sp³-hybridized carbons (Fsp3) is 0.640. The summed E-state index contributed by atoms with van der Waals surface area (Å²) in [6.07, 6.45) is 5.80. The third-order valence-corrected chi connectivity index (χ3v) is 7.32. The minimum absolute atomic E-state index is 0.00627. The zero-order valence-electron chi connectivity index (χ0n) is 19.2. The zero-order chi connectivity index (χ0) is 22.7. The van der Waals surface area contributed by atoms with Gasteiger partial charge in [0.2, 0.25) is 17.7 Å². The number of amides is 3. The van der Waals surface area contributed by atoms with E-state index in [1.54, 1.807) is 24.1 Å². The molecule has 2 atom stereocenters. The number of likely N-dealkylation sites (tertiary alicyclic amines) is 1. The fourth-order valence-electron chi connectivity index (χ4n) is 5.48. The maximum atomic E-state index is 13.8. The lowest BCUT2D eigenvalue weighted by Gasteiger charge is -2.32. The van der Waals surface area contributed by atoms with Crippen LogP contribution in [0.4, 0.5) is 0 Å². The Hall–Kier alpha value is -2.41. The Labute approximate surface area is 190 Å². The van der Waals surface area contributed by atoms with Crippen LogP contribution in [0, 0.1) is 0 Å². The summed E-state index contributed by atoms with van der Waals surface area (Å²) >= 11 is 0. The molecule has 1 aliphatic carbocycles. The Kier molecular flexibility index (Phi) is 6.84. The molecule has 0 unspecified atom stereocenters. The highest BCUT2D eigenvalue weighted by Crippen LogP contribution is 2.43. The summed E-state index contributed by atoms with van der Waals surface area (Å²) in [5, 5.41) is 0. The van der Waals surface area contributed by atoms with Crippen molar-refractivity contribution < 1.29 is 23.9 Å². The van der Waals surface area contributed by atoms with Crippen molar-refractivity contribution in [1.82, 2.24) is 9.80 Å². The summed E-state index contributed by atoms with van der Waals surface area (Å²) < 4.78 is 11.0. The van der Waals surface area contributed by atoms with Crippen LogP contribution in [0.2, 0.25) is 0 Å². The van der Waals surface area contributed by atoms with Crippen molar-refractivity contribution in [2.75, 3.05) is 26.8 Å². The molecule has 2 saturated heterocycles. The molecule has 174 valence electrons. The lowest BCUT2D eigenvalue weighted by atomic mass is 9.75. The van der Waals surface area contributed by atoms with E-state index in [1.165, 1.54) is 4.90 Å². The van der Waals surface area contributed by atoms with E-state index in [2.05, 4.69) is 0 Å². The number of likely N-dealkylation sites (N-methyl/N-ethyl adjacent to an activating group) is 1. The van der Waals surface area contributed by atoms with E-state index in [1.807, 2.05) is 19.1 Å². The zero-order valence-corrected chi connectivity index (χ0v) is 19.2. The molecule has 0 spiro atoms. The quantitative estimate of drug-likeness (QED) is 0.579. The van der Waals surface area contributed by atoms with Gasteiger partial charge in [0.25, 0.3) is 0 Å². The van der Waals surface area contributed by atoms with Gasteiger partial charge in [0.05, 0.1) is 18.6 Å². The Morgan fingerprint density at radius 2 is 1.88 bits per heavy atom. The SMILES string of the molecule is CCN(C[C@@H]1CCCO1)C(=O)C[C@@]1(c2ccc(OC)cc2)CC(=O)N(C2CCCC2)C1=O. The first-order valence-electron chi connectivity index (χ1n) is 11.9. The fourth-order valence-corrected chi connectivity index (χ4v) is 5.48. The van der Waals surface area contributed by atoms with Gasteiger partial charge in [-0.25, -0.2) is 0 Å². The number of methoxy groups -OCH3 is 1. The maximum Gasteiger partial charge on any atom is 0.241 e. The van der Waals surface area contributed by atoms with Crippen molar-refractivity contribution in [2.45, 2.75) is 75.9 Å². The maximum absolute atomic E-state index is 13.8. The van der Waals surface area contributed by atoms with Gasteiger partial charge in [0.15, 0.2) is 0 Å². The normalized spacial score (nSPS) is 26.2. The van der Waals surface area contributed by atoms with E-state index in [0.29, 0.717) is 24.4 Å². The van der Waals surface area contributed by atoms with Crippen molar-refractivity contribution in [1.29, 1.82) is 0 Å². The van der Waals surface area contributed by atoms with E-state index >= 15 is 0 Å². The first kappa shape index (κ1) is 22.8. The lowest BCUT2D eigenvalue weighted by molar-refractivity contribution is -0.145. The highest BCUT2D eigenvalue weighted by molar-refractivity contribution is 6.11. The number of nitrogens with zero attached hydrogens (tertiary/aromatic N) is 2. The molecule has 3 fully saturated rings. The molecule has 0 bridgehead atoms. The molecule has 4 rings (SSSR count). The second kappa shape index (κ2) is 9.61. The molecule has 7 nitrogen and oxygen atoms in total. The molecule has 0 radical (unpaired) electrons. The van der Waals surface area contributed by atoms with E-state index < -0.39 is 5.41 Å². The molecule has 3 amide bonds. The van der Waals surface area contributed by atoms with Gasteiger partial charge in [0.1, 0.15) is 5.75 Å². The Balaban J connectivity index is 1.63. The molecule has 0 aromatic heterocycles. The highest BCUT2D eigenvalue weighted by atomic mass is 16.5. The summed E-state index contributed by atoms with van der Waals surface area (Å²) in [7, 11) is 1.59. The molecular weight excluding hydrogens is 408 g/mol. The van der Waals surface area contributed by atoms with Gasteiger partial charge < -0.3 is 14.4 Å². The van der Waals surface area contributed by atoms with Crippen molar-refractivity contribution >= 4 is 17.7 Å². The van der Waals surface area contributed by atoms with E-state index in [-0.39, 0.29) is 42.7 Å². The van der Waals surface area contributed by atoms with Gasteiger partial charge in [-0.05, 0) is 50.3 Å². The number of imide groups is 1. The smallest absolute Gasteiger partial charge is 0.241 e. The van der Waals surface area contributed by atoms with Crippen molar-refractivity contribution in [3.8, 4) is 5.75 Å². The van der Waals surface area contributed by atoms with Crippen molar-refractivity contribution in [3.05, 3.63) is 29.8 Å². The number of hydrogen-bond acceptors (Lipinski definition) is 5. The van der Waals surface area contributed by atoms with E-state index in [4.69, 9.17) is 9.47 Å². The van der Waals surface area contributed by atoms with E-state index in [9.17, 15) is 14.4 Å². The number of rotatable bonds is 8. The van der Waals surface area contributed by atoms with Gasteiger partial charge in [-0.1, -0.05) is 25.0 Å². The first-order chi connectivity index (χ1) is 15.5. The predicted octanol–water partition coefficient (Wildman–Crippen LogP) is 3.05. The average molecular weight is 443 g/mol. The molecule has 0 N–H and O–H groups in total. The summed E-state index contributed by atoms with van der Waals surface area (Å²) in [5.74, 6) is 0.190. The number of benzene rings is 1. The van der Waals surface area contributed by atoms with Gasteiger partial charge in [-0.3, -0.25) is 19.3 Å². The molecule has 32 heavy (non-hydrogen) atoms. The topological polar surface area (TPSA) is 76.2 Å². The van der Waals surface area contributed by atoms with E-state index in [0.717, 1.165) is 45.1 Å². The molecule has 1 saturated carbocycles. The predicted molar refractivity (Wildman–Crippen MR) is 119 cm³/mol. The van der Waals surface area contributed by atoms with Crippen molar-refractivity contribution in [2.24, 2.45) is 0 Å². The molecule has 1 aromatic rings. The Morgan fingerprint density at radius 3 is 2.47 bits per heavy atom. The largest absolute Gasteiger partial charge is 0.497 e. The Bertz CT molecular complexity index is 842. The monoisotopic (exact) mass is 442 g/mol. The van der Waals surface area contributed by atoms with Gasteiger partial charge in [-0.2, -0.15) is 0 Å². The third kappa shape index (κ3) is 4.27. The van der Waals surface area contributed by atoms with Crippen LogP contribution in [0.25, 0.3) is 0 Å². The molecule has 3 aliphatic rings. The van der Waals surface area contributed by atoms with Crippen LogP contribution < -0.4 is 4.74 Å². The highest BCUT2D eigenvalue weighted by Gasteiger charge is 2.56. The van der Waals surface area contributed by atoms with Gasteiger partial charge in [-0.15, -0.1) is 0 Å². The van der Waals surface area contributed by atoms with Crippen LogP contribution in [-0.4, -0.2) is 66.5 Å². The Morgan fingerprint density at radius 1 is 1.16 bits per heavy atom. The number of carbonyl (C=O) groups excluding carboxylic acids is 3. The molecule has 1 aromatic carbocycles. The molecule has 2 heterocycles. The van der Waals surface area contributed by atoms with Crippen molar-refractivity contribution in [3.63, 3.8) is 0 Å². The van der Waals surface area contributed by atoms with Crippen LogP contribution in [0.5, 0.6) is 5.75 Å². The summed E-state index contributed by atoms with van der Waals surface area (Å²) in [4.78, 5) is 43.7. The van der Waals surface area contributed by atoms with Gasteiger partial charge >= 0.3 is 0 Å². The molecule has 7 heteroatoms. The minimum atomic E-state index is -1.16. The standard InChI is InChI=1S/C25H34N2O5/c1-3-26(17-21-9-6-14-32-21)22(28)15-25(18-10-12-20(31-2)13-11-18)16-23(29)27(24(25)30)19-7-4-5-8-19/h10-13,19,21H,3-9,14-17H2,1-2H3/t21-,25-/m0/s1. The van der Waals surface area contributed by atoms with Crippen LogP contribution in [0.1, 0.15) is 63.9 Å². The molecule has 2 aliphatic heterocycles. The number of hydrogen-bond donors (Lipinski definition) is 0. The number of ether oxygens (including phenoxy) is 2. The average Bonchev–Trinajstić information content (AvgIpc) is 3.55. The van der Waals surface area contributed by atoms with Crippen LogP contribution >= 0.6 is 0 Å². The van der Waals surface area contributed by atoms with Gasteiger partial charge in [0, 0.05) is 38.6 Å². The molecular formula is C25H34N2O5. The lowest BCUT2D eigenvalue weighted by Crippen LogP contribution is -2.46. The third-order valence-electron chi connectivity index (χ3n) is 7.32. The summed E-state index contributed by atoms with van der Waals surface area (Å²) in [6, 6.07) is 7.19. The second-order valence-electron chi connectivity index (χ2n) is 9.24. The van der Waals surface area contributed by atoms with Crippen LogP contribution in [0.15, 0.2) is 24.3 Å². The van der Waals surface area contributed by atoms with Crippen LogP contribution in [0.3, 0.4) is 0 Å². The number of carbonyl (C=O) groups is 3. The second-order valence-corrected chi connectivity index (χ2v) is 9.24. The first-order valence-corrected chi connectivity index (χ1v) is 11.9.